The number of aromatic amines is 1. The van der Waals surface area contributed by atoms with Gasteiger partial charge >= 0.3 is 5.97 Å². The highest BCUT2D eigenvalue weighted by molar-refractivity contribution is 6.34. The first-order valence-corrected chi connectivity index (χ1v) is 6.39. The second kappa shape index (κ2) is 3.99. The molecule has 94 valence electrons. The highest BCUT2D eigenvalue weighted by Gasteiger charge is 2.43. The number of halogens is 1. The SMILES string of the molecule is O=C(O)C1(c2ccc3n[nH]c(Cl)c3c2)CCCC1. The molecule has 0 bridgehead atoms. The van der Waals surface area contributed by atoms with Gasteiger partial charge in [0.2, 0.25) is 0 Å². The zero-order chi connectivity index (χ0) is 12.8. The van der Waals surface area contributed by atoms with Crippen molar-refractivity contribution in [2.24, 2.45) is 0 Å². The van der Waals surface area contributed by atoms with E-state index in [0.29, 0.717) is 18.0 Å². The molecular weight excluding hydrogens is 252 g/mol. The van der Waals surface area contributed by atoms with Crippen LogP contribution >= 0.6 is 11.6 Å². The van der Waals surface area contributed by atoms with Crippen LogP contribution in [-0.2, 0) is 10.2 Å². The molecule has 0 aliphatic heterocycles. The summed E-state index contributed by atoms with van der Waals surface area (Å²) in [4.78, 5) is 11.6. The van der Waals surface area contributed by atoms with Gasteiger partial charge in [0.25, 0.3) is 0 Å². The molecule has 1 fully saturated rings. The lowest BCUT2D eigenvalue weighted by Crippen LogP contribution is -2.32. The number of H-pyrrole nitrogens is 1. The molecule has 0 saturated heterocycles. The van der Waals surface area contributed by atoms with Gasteiger partial charge in [-0.05, 0) is 30.5 Å². The normalized spacial score (nSPS) is 18.3. The van der Waals surface area contributed by atoms with E-state index in [1.54, 1.807) is 0 Å². The van der Waals surface area contributed by atoms with Crippen LogP contribution in [0.5, 0.6) is 0 Å². The van der Waals surface area contributed by atoms with Crippen LogP contribution in [0.25, 0.3) is 10.9 Å². The van der Waals surface area contributed by atoms with Gasteiger partial charge in [0.05, 0.1) is 10.9 Å². The third-order valence-corrected chi connectivity index (χ3v) is 4.21. The topological polar surface area (TPSA) is 66.0 Å². The van der Waals surface area contributed by atoms with E-state index in [-0.39, 0.29) is 0 Å². The zero-order valence-corrected chi connectivity index (χ0v) is 10.5. The lowest BCUT2D eigenvalue weighted by molar-refractivity contribution is -0.143. The van der Waals surface area contributed by atoms with Crippen molar-refractivity contribution in [3.05, 3.63) is 28.9 Å². The maximum atomic E-state index is 11.6. The number of fused-ring (bicyclic) bond motifs is 1. The largest absolute Gasteiger partial charge is 0.481 e. The Kier molecular flexibility index (Phi) is 2.55. The zero-order valence-electron chi connectivity index (χ0n) is 9.74. The van der Waals surface area contributed by atoms with Gasteiger partial charge in [-0.1, -0.05) is 30.5 Å². The molecule has 0 amide bonds. The minimum atomic E-state index is -0.741. The van der Waals surface area contributed by atoms with Crippen LogP contribution < -0.4 is 0 Å². The van der Waals surface area contributed by atoms with Crippen molar-refractivity contribution in [2.45, 2.75) is 31.1 Å². The molecule has 1 aromatic heterocycles. The molecular formula is C13H13ClN2O2. The molecule has 3 rings (SSSR count). The fourth-order valence-electron chi connectivity index (χ4n) is 2.88. The average Bonchev–Trinajstić information content (AvgIpc) is 2.97. The number of hydrogen-bond acceptors (Lipinski definition) is 2. The molecule has 0 radical (unpaired) electrons. The summed E-state index contributed by atoms with van der Waals surface area (Å²) in [5, 5.41) is 17.6. The van der Waals surface area contributed by atoms with E-state index in [0.717, 1.165) is 29.3 Å². The minimum absolute atomic E-state index is 0.463. The van der Waals surface area contributed by atoms with E-state index in [1.807, 2.05) is 18.2 Å². The molecule has 1 saturated carbocycles. The molecule has 2 aromatic rings. The first kappa shape index (κ1) is 11.5. The van der Waals surface area contributed by atoms with Crippen LogP contribution in [0.4, 0.5) is 0 Å². The molecule has 5 heteroatoms. The third-order valence-electron chi connectivity index (χ3n) is 3.93. The number of nitrogens with one attached hydrogen (secondary N) is 1. The molecule has 2 N–H and O–H groups in total. The van der Waals surface area contributed by atoms with Gasteiger partial charge < -0.3 is 5.11 Å². The Morgan fingerprint density at radius 3 is 2.78 bits per heavy atom. The fourth-order valence-corrected chi connectivity index (χ4v) is 3.07. The number of aliphatic carboxylic acids is 1. The first-order valence-electron chi connectivity index (χ1n) is 6.01. The summed E-state index contributed by atoms with van der Waals surface area (Å²) in [5.74, 6) is -0.737. The molecule has 1 aliphatic rings. The minimum Gasteiger partial charge on any atom is -0.481 e. The summed E-state index contributed by atoms with van der Waals surface area (Å²) in [5.41, 5.74) is 0.861. The molecule has 0 atom stereocenters. The van der Waals surface area contributed by atoms with E-state index in [2.05, 4.69) is 10.2 Å². The molecule has 1 heterocycles. The van der Waals surface area contributed by atoms with Gasteiger partial charge in [-0.3, -0.25) is 9.89 Å². The molecule has 0 spiro atoms. The Balaban J connectivity index is 2.17. The summed E-state index contributed by atoms with van der Waals surface area (Å²) in [7, 11) is 0. The molecule has 1 aromatic carbocycles. The smallest absolute Gasteiger partial charge is 0.314 e. The van der Waals surface area contributed by atoms with Crippen molar-refractivity contribution >= 4 is 28.5 Å². The van der Waals surface area contributed by atoms with Crippen LogP contribution in [0.1, 0.15) is 31.2 Å². The molecule has 4 nitrogen and oxygen atoms in total. The number of aromatic nitrogens is 2. The summed E-state index contributed by atoms with van der Waals surface area (Å²) >= 11 is 6.01. The van der Waals surface area contributed by atoms with Crippen molar-refractivity contribution in [1.29, 1.82) is 0 Å². The standard InChI is InChI=1S/C13H13ClN2O2/c14-11-9-7-8(3-4-10(9)15-16-11)13(12(17)18)5-1-2-6-13/h3-4,7H,1-2,5-6H2,(H,15,16)(H,17,18). The van der Waals surface area contributed by atoms with Crippen molar-refractivity contribution in [3.8, 4) is 0 Å². The van der Waals surface area contributed by atoms with Gasteiger partial charge in [0, 0.05) is 5.39 Å². The monoisotopic (exact) mass is 264 g/mol. The number of carboxylic acids is 1. The Morgan fingerprint density at radius 2 is 2.11 bits per heavy atom. The number of carboxylic acid groups (broad SMARTS) is 1. The van der Waals surface area contributed by atoms with Gasteiger partial charge in [-0.25, -0.2) is 0 Å². The average molecular weight is 265 g/mol. The summed E-state index contributed by atoms with van der Waals surface area (Å²) in [6.45, 7) is 0. The number of rotatable bonds is 2. The maximum absolute atomic E-state index is 11.6. The van der Waals surface area contributed by atoms with Crippen molar-refractivity contribution in [1.82, 2.24) is 10.2 Å². The van der Waals surface area contributed by atoms with Crippen molar-refractivity contribution < 1.29 is 9.90 Å². The van der Waals surface area contributed by atoms with E-state index in [4.69, 9.17) is 11.6 Å². The van der Waals surface area contributed by atoms with E-state index in [9.17, 15) is 9.90 Å². The Bertz CT molecular complexity index is 614. The Morgan fingerprint density at radius 1 is 1.39 bits per heavy atom. The predicted octanol–water partition coefficient (Wildman–Crippen LogP) is 3.11. The highest BCUT2D eigenvalue weighted by atomic mass is 35.5. The van der Waals surface area contributed by atoms with Crippen LogP contribution in [0, 0.1) is 0 Å². The van der Waals surface area contributed by atoms with E-state index >= 15 is 0 Å². The van der Waals surface area contributed by atoms with E-state index < -0.39 is 11.4 Å². The van der Waals surface area contributed by atoms with Crippen LogP contribution in [0.2, 0.25) is 5.15 Å². The number of hydrogen-bond donors (Lipinski definition) is 2. The molecule has 18 heavy (non-hydrogen) atoms. The number of nitrogens with zero attached hydrogens (tertiary/aromatic N) is 1. The lowest BCUT2D eigenvalue weighted by Gasteiger charge is -2.24. The number of benzene rings is 1. The van der Waals surface area contributed by atoms with Crippen LogP contribution in [0.3, 0.4) is 0 Å². The summed E-state index contributed by atoms with van der Waals surface area (Å²) in [6, 6.07) is 5.55. The molecule has 0 unspecified atom stereocenters. The van der Waals surface area contributed by atoms with Crippen LogP contribution in [-0.4, -0.2) is 21.3 Å². The van der Waals surface area contributed by atoms with Gasteiger partial charge in [0.15, 0.2) is 0 Å². The quantitative estimate of drug-likeness (QED) is 0.876. The Labute approximate surface area is 109 Å². The second-order valence-electron chi connectivity index (χ2n) is 4.86. The number of carbonyl (C=O) groups is 1. The van der Waals surface area contributed by atoms with E-state index in [1.165, 1.54) is 0 Å². The fraction of sp³-hybridized carbons (Fsp3) is 0.385. The van der Waals surface area contributed by atoms with Gasteiger partial charge in [-0.15, -0.1) is 0 Å². The van der Waals surface area contributed by atoms with Gasteiger partial charge in [0.1, 0.15) is 5.15 Å². The summed E-state index contributed by atoms with van der Waals surface area (Å²) < 4.78 is 0. The highest BCUT2D eigenvalue weighted by Crippen LogP contribution is 2.42. The third kappa shape index (κ3) is 1.52. The van der Waals surface area contributed by atoms with Crippen molar-refractivity contribution in [3.63, 3.8) is 0 Å². The Hall–Kier alpha value is -1.55. The predicted molar refractivity (Wildman–Crippen MR) is 68.9 cm³/mol. The lowest BCUT2D eigenvalue weighted by atomic mass is 9.78. The van der Waals surface area contributed by atoms with Crippen LogP contribution in [0.15, 0.2) is 18.2 Å². The van der Waals surface area contributed by atoms with Crippen molar-refractivity contribution in [2.75, 3.05) is 0 Å². The second-order valence-corrected chi connectivity index (χ2v) is 5.24. The maximum Gasteiger partial charge on any atom is 0.314 e. The summed E-state index contributed by atoms with van der Waals surface area (Å²) in [6.07, 6.45) is 3.32. The van der Waals surface area contributed by atoms with Gasteiger partial charge in [-0.2, -0.15) is 5.10 Å². The molecule has 1 aliphatic carbocycles. The first-order chi connectivity index (χ1) is 8.63.